The number of anilines is 2. The summed E-state index contributed by atoms with van der Waals surface area (Å²) >= 11 is 1.40. The van der Waals surface area contributed by atoms with Gasteiger partial charge in [-0.2, -0.15) is 0 Å². The van der Waals surface area contributed by atoms with E-state index in [9.17, 15) is 14.4 Å². The molecule has 0 spiro atoms. The van der Waals surface area contributed by atoms with Crippen molar-refractivity contribution in [2.24, 2.45) is 5.73 Å². The van der Waals surface area contributed by atoms with Crippen LogP contribution in [0.1, 0.15) is 43.5 Å². The van der Waals surface area contributed by atoms with Crippen LogP contribution in [-0.2, 0) is 9.59 Å². The van der Waals surface area contributed by atoms with E-state index in [4.69, 9.17) is 5.73 Å². The maximum atomic E-state index is 12.4. The van der Waals surface area contributed by atoms with E-state index in [2.05, 4.69) is 10.6 Å². The molecule has 28 heavy (non-hydrogen) atoms. The first-order valence-electron chi connectivity index (χ1n) is 9.16. The molecule has 7 heteroatoms. The largest absolute Gasteiger partial charge is 0.366 e. The Morgan fingerprint density at radius 2 is 1.75 bits per heavy atom. The van der Waals surface area contributed by atoms with Gasteiger partial charge in [-0.15, -0.1) is 11.8 Å². The minimum Gasteiger partial charge on any atom is -0.366 e. The molecular weight excluding hydrogens is 374 g/mol. The van der Waals surface area contributed by atoms with Crippen molar-refractivity contribution < 1.29 is 14.4 Å². The molecule has 0 saturated carbocycles. The molecule has 0 aliphatic carbocycles. The molecule has 148 valence electrons. The molecule has 0 aliphatic heterocycles. The number of hydrogen-bond acceptors (Lipinski definition) is 4. The predicted octanol–water partition coefficient (Wildman–Crippen LogP) is 4.03. The number of thioether (sulfide) groups is 1. The molecule has 1 atom stereocenters. The van der Waals surface area contributed by atoms with Crippen molar-refractivity contribution in [1.29, 1.82) is 0 Å². The van der Waals surface area contributed by atoms with E-state index in [1.807, 2.05) is 38.1 Å². The Labute approximate surface area is 169 Å². The van der Waals surface area contributed by atoms with Crippen molar-refractivity contribution in [3.05, 3.63) is 54.1 Å². The molecule has 0 fully saturated rings. The molecule has 0 radical (unpaired) electrons. The second-order valence-corrected chi connectivity index (χ2v) is 7.78. The molecule has 2 rings (SSSR count). The zero-order valence-corrected chi connectivity index (χ0v) is 16.8. The van der Waals surface area contributed by atoms with Crippen LogP contribution in [0.25, 0.3) is 0 Å². The molecule has 1 unspecified atom stereocenters. The second kappa shape index (κ2) is 10.5. The van der Waals surface area contributed by atoms with Crippen molar-refractivity contribution in [1.82, 2.24) is 0 Å². The van der Waals surface area contributed by atoms with Crippen LogP contribution in [0, 0.1) is 0 Å². The van der Waals surface area contributed by atoms with E-state index < -0.39 is 5.91 Å². The zero-order valence-electron chi connectivity index (χ0n) is 16.0. The number of amides is 3. The van der Waals surface area contributed by atoms with Gasteiger partial charge in [-0.3, -0.25) is 14.4 Å². The summed E-state index contributed by atoms with van der Waals surface area (Å²) < 4.78 is 0. The first-order chi connectivity index (χ1) is 13.4. The Morgan fingerprint density at radius 3 is 2.39 bits per heavy atom. The molecule has 0 bridgehead atoms. The third-order valence-electron chi connectivity index (χ3n) is 3.99. The summed E-state index contributed by atoms with van der Waals surface area (Å²) in [5.41, 5.74) is 6.92. The van der Waals surface area contributed by atoms with Crippen LogP contribution in [0.3, 0.4) is 0 Å². The Balaban J connectivity index is 1.93. The quantitative estimate of drug-likeness (QED) is 0.554. The summed E-state index contributed by atoms with van der Waals surface area (Å²) in [5.74, 6) is -0.674. The number of rotatable bonds is 9. The Bertz CT molecular complexity index is 837. The lowest BCUT2D eigenvalue weighted by Crippen LogP contribution is -2.22. The molecule has 4 N–H and O–H groups in total. The Kier molecular flexibility index (Phi) is 8.07. The van der Waals surface area contributed by atoms with E-state index in [-0.39, 0.29) is 17.1 Å². The molecule has 2 aromatic rings. The molecular formula is C21H25N3O3S. The van der Waals surface area contributed by atoms with Crippen molar-refractivity contribution in [2.75, 3.05) is 10.6 Å². The lowest BCUT2D eigenvalue weighted by Gasteiger charge is -2.13. The normalized spacial score (nSPS) is 11.5. The van der Waals surface area contributed by atoms with Gasteiger partial charge in [0, 0.05) is 28.3 Å². The van der Waals surface area contributed by atoms with Gasteiger partial charge in [0.2, 0.25) is 17.7 Å². The standard InChI is InChI=1S/C21H25N3O3S/c1-3-4-8-19(25)23-17-6-5-7-18(13-17)28-14(2)21(27)24-16-11-9-15(10-12-16)20(22)26/h5-7,9-14H,3-4,8H2,1-2H3,(H2,22,26)(H,23,25)(H,24,27). The van der Waals surface area contributed by atoms with Gasteiger partial charge in [0.15, 0.2) is 0 Å². The molecule has 0 heterocycles. The highest BCUT2D eigenvalue weighted by atomic mass is 32.2. The van der Waals surface area contributed by atoms with Crippen LogP contribution in [0.15, 0.2) is 53.4 Å². The van der Waals surface area contributed by atoms with Crippen LogP contribution >= 0.6 is 11.8 Å². The van der Waals surface area contributed by atoms with E-state index in [1.54, 1.807) is 24.3 Å². The van der Waals surface area contributed by atoms with Crippen molar-refractivity contribution in [2.45, 2.75) is 43.3 Å². The summed E-state index contributed by atoms with van der Waals surface area (Å²) in [6.07, 6.45) is 2.33. The SMILES string of the molecule is CCCCC(=O)Nc1cccc(SC(C)C(=O)Nc2ccc(C(N)=O)cc2)c1. The van der Waals surface area contributed by atoms with Gasteiger partial charge in [-0.05, 0) is 55.8 Å². The number of unbranched alkanes of at least 4 members (excludes halogenated alkanes) is 1. The first kappa shape index (κ1) is 21.5. The fourth-order valence-electron chi connectivity index (χ4n) is 2.43. The van der Waals surface area contributed by atoms with Gasteiger partial charge in [0.1, 0.15) is 0 Å². The lowest BCUT2D eigenvalue weighted by atomic mass is 10.2. The zero-order chi connectivity index (χ0) is 20.5. The Morgan fingerprint density at radius 1 is 1.04 bits per heavy atom. The van der Waals surface area contributed by atoms with E-state index in [0.717, 1.165) is 23.4 Å². The summed E-state index contributed by atoms with van der Waals surface area (Å²) in [4.78, 5) is 36.3. The summed E-state index contributed by atoms with van der Waals surface area (Å²) in [5, 5.41) is 5.35. The average Bonchev–Trinajstić information content (AvgIpc) is 2.67. The third kappa shape index (κ3) is 6.74. The number of benzene rings is 2. The van der Waals surface area contributed by atoms with E-state index in [1.165, 1.54) is 11.8 Å². The van der Waals surface area contributed by atoms with Crippen LogP contribution in [-0.4, -0.2) is 23.0 Å². The van der Waals surface area contributed by atoms with Gasteiger partial charge in [0.25, 0.3) is 0 Å². The van der Waals surface area contributed by atoms with E-state index in [0.29, 0.717) is 17.7 Å². The average molecular weight is 400 g/mol. The van der Waals surface area contributed by atoms with E-state index >= 15 is 0 Å². The van der Waals surface area contributed by atoms with Gasteiger partial charge in [-0.25, -0.2) is 0 Å². The first-order valence-corrected chi connectivity index (χ1v) is 10.0. The van der Waals surface area contributed by atoms with Crippen molar-refractivity contribution >= 4 is 40.9 Å². The highest BCUT2D eigenvalue weighted by molar-refractivity contribution is 8.00. The van der Waals surface area contributed by atoms with Gasteiger partial charge in [0.05, 0.1) is 5.25 Å². The fourth-order valence-corrected chi connectivity index (χ4v) is 3.35. The van der Waals surface area contributed by atoms with Crippen LogP contribution in [0.4, 0.5) is 11.4 Å². The van der Waals surface area contributed by atoms with Gasteiger partial charge < -0.3 is 16.4 Å². The number of carbonyl (C=O) groups is 3. The highest BCUT2D eigenvalue weighted by Gasteiger charge is 2.15. The molecule has 0 aromatic heterocycles. The van der Waals surface area contributed by atoms with Crippen molar-refractivity contribution in [3.8, 4) is 0 Å². The molecule has 6 nitrogen and oxygen atoms in total. The Hall–Kier alpha value is -2.80. The third-order valence-corrected chi connectivity index (χ3v) is 5.09. The predicted molar refractivity (Wildman–Crippen MR) is 114 cm³/mol. The number of primary amides is 1. The van der Waals surface area contributed by atoms with Crippen molar-refractivity contribution in [3.63, 3.8) is 0 Å². The number of nitrogens with two attached hydrogens (primary N) is 1. The smallest absolute Gasteiger partial charge is 0.248 e. The monoisotopic (exact) mass is 399 g/mol. The molecule has 3 amide bonds. The molecule has 0 aliphatic rings. The second-order valence-electron chi connectivity index (χ2n) is 6.37. The maximum Gasteiger partial charge on any atom is 0.248 e. The minimum absolute atomic E-state index is 0.00537. The topological polar surface area (TPSA) is 101 Å². The summed E-state index contributed by atoms with van der Waals surface area (Å²) in [7, 11) is 0. The fraction of sp³-hybridized carbons (Fsp3) is 0.286. The van der Waals surface area contributed by atoms with Gasteiger partial charge >= 0.3 is 0 Å². The molecule has 2 aromatic carbocycles. The van der Waals surface area contributed by atoms with Crippen LogP contribution in [0.2, 0.25) is 0 Å². The number of carbonyl (C=O) groups excluding carboxylic acids is 3. The lowest BCUT2D eigenvalue weighted by molar-refractivity contribution is -0.116. The number of nitrogens with one attached hydrogen (secondary N) is 2. The summed E-state index contributed by atoms with van der Waals surface area (Å²) in [6, 6.07) is 13.9. The van der Waals surface area contributed by atoms with Crippen LogP contribution in [0.5, 0.6) is 0 Å². The summed E-state index contributed by atoms with van der Waals surface area (Å²) in [6.45, 7) is 3.85. The number of hydrogen-bond donors (Lipinski definition) is 3. The maximum absolute atomic E-state index is 12.4. The van der Waals surface area contributed by atoms with Crippen LogP contribution < -0.4 is 16.4 Å². The highest BCUT2D eigenvalue weighted by Crippen LogP contribution is 2.26. The van der Waals surface area contributed by atoms with Gasteiger partial charge in [-0.1, -0.05) is 19.4 Å². The minimum atomic E-state index is -0.511. The molecule has 0 saturated heterocycles.